The van der Waals surface area contributed by atoms with E-state index in [9.17, 15) is 5.11 Å². The summed E-state index contributed by atoms with van der Waals surface area (Å²) in [6, 6.07) is 12.6. The van der Waals surface area contributed by atoms with Crippen molar-refractivity contribution in [1.82, 2.24) is 0 Å². The molecule has 3 nitrogen and oxygen atoms in total. The van der Waals surface area contributed by atoms with Gasteiger partial charge < -0.3 is 10.4 Å². The third kappa shape index (κ3) is 3.04. The SMILES string of the molecule is Cc1ccc(C(C)Nc2cc(C#N)ccc2Cl)c(O)c1. The molecule has 102 valence electrons. The Hall–Kier alpha value is -2.18. The summed E-state index contributed by atoms with van der Waals surface area (Å²) in [6.07, 6.45) is 0. The summed E-state index contributed by atoms with van der Waals surface area (Å²) in [6.45, 7) is 3.86. The Morgan fingerprint density at radius 3 is 2.65 bits per heavy atom. The van der Waals surface area contributed by atoms with Crippen LogP contribution in [0.15, 0.2) is 36.4 Å². The van der Waals surface area contributed by atoms with Crippen LogP contribution in [0.3, 0.4) is 0 Å². The fourth-order valence-electron chi connectivity index (χ4n) is 2.04. The first-order valence-electron chi connectivity index (χ1n) is 6.27. The highest BCUT2D eigenvalue weighted by Crippen LogP contribution is 2.31. The molecule has 1 atom stereocenters. The van der Waals surface area contributed by atoms with Gasteiger partial charge in [-0.1, -0.05) is 23.7 Å². The maximum Gasteiger partial charge on any atom is 0.121 e. The standard InChI is InChI=1S/C16H15ClN2O/c1-10-3-5-13(16(20)7-10)11(2)19-15-8-12(9-18)4-6-14(15)17/h3-8,11,19-20H,1-2H3. The van der Waals surface area contributed by atoms with Crippen molar-refractivity contribution >= 4 is 17.3 Å². The number of aryl methyl sites for hydroxylation is 1. The molecule has 0 aliphatic heterocycles. The zero-order valence-electron chi connectivity index (χ0n) is 11.3. The minimum absolute atomic E-state index is 0.123. The van der Waals surface area contributed by atoms with E-state index in [0.29, 0.717) is 16.3 Å². The molecule has 4 heteroatoms. The number of nitrogens with zero attached hydrogens (tertiary/aromatic N) is 1. The molecule has 0 radical (unpaired) electrons. The van der Waals surface area contributed by atoms with Crippen LogP contribution in [-0.2, 0) is 0 Å². The number of hydrogen-bond donors (Lipinski definition) is 2. The van der Waals surface area contributed by atoms with Crippen LogP contribution in [0.4, 0.5) is 5.69 Å². The van der Waals surface area contributed by atoms with E-state index in [1.807, 2.05) is 26.0 Å². The normalized spacial score (nSPS) is 11.7. The molecular formula is C16H15ClN2O. The topological polar surface area (TPSA) is 56.0 Å². The molecule has 0 saturated heterocycles. The number of phenolic OH excluding ortho intramolecular Hbond substituents is 1. The van der Waals surface area contributed by atoms with E-state index in [4.69, 9.17) is 16.9 Å². The molecule has 0 aromatic heterocycles. The summed E-state index contributed by atoms with van der Waals surface area (Å²) in [7, 11) is 0. The van der Waals surface area contributed by atoms with E-state index in [1.54, 1.807) is 24.3 Å². The molecular weight excluding hydrogens is 272 g/mol. The second kappa shape index (κ2) is 5.85. The maximum absolute atomic E-state index is 9.98. The highest BCUT2D eigenvalue weighted by Gasteiger charge is 2.12. The van der Waals surface area contributed by atoms with E-state index >= 15 is 0 Å². The van der Waals surface area contributed by atoms with E-state index in [0.717, 1.165) is 11.1 Å². The summed E-state index contributed by atoms with van der Waals surface area (Å²) >= 11 is 6.12. The summed E-state index contributed by atoms with van der Waals surface area (Å²) in [5, 5.41) is 22.7. The fraction of sp³-hybridized carbons (Fsp3) is 0.188. The van der Waals surface area contributed by atoms with Gasteiger partial charge in [0.05, 0.1) is 28.4 Å². The van der Waals surface area contributed by atoms with Crippen molar-refractivity contribution in [3.8, 4) is 11.8 Å². The number of aromatic hydroxyl groups is 1. The first-order chi connectivity index (χ1) is 9.51. The largest absolute Gasteiger partial charge is 0.508 e. The van der Waals surface area contributed by atoms with Crippen LogP contribution in [0, 0.1) is 18.3 Å². The lowest BCUT2D eigenvalue weighted by molar-refractivity contribution is 0.465. The first kappa shape index (κ1) is 14.2. The van der Waals surface area contributed by atoms with E-state index in [-0.39, 0.29) is 11.8 Å². The van der Waals surface area contributed by atoms with Gasteiger partial charge in [0, 0.05) is 5.56 Å². The van der Waals surface area contributed by atoms with Crippen molar-refractivity contribution in [2.45, 2.75) is 19.9 Å². The van der Waals surface area contributed by atoms with Crippen LogP contribution in [-0.4, -0.2) is 5.11 Å². The molecule has 2 aromatic rings. The molecule has 0 fully saturated rings. The predicted molar refractivity (Wildman–Crippen MR) is 81.0 cm³/mol. The molecule has 2 aromatic carbocycles. The molecule has 0 aliphatic carbocycles. The third-order valence-corrected chi connectivity index (χ3v) is 3.45. The zero-order valence-corrected chi connectivity index (χ0v) is 12.1. The molecule has 1 unspecified atom stereocenters. The molecule has 0 heterocycles. The van der Waals surface area contributed by atoms with Gasteiger partial charge in [0.1, 0.15) is 5.75 Å². The van der Waals surface area contributed by atoms with Crippen LogP contribution in [0.1, 0.15) is 29.7 Å². The number of benzene rings is 2. The minimum atomic E-state index is -0.123. The highest BCUT2D eigenvalue weighted by molar-refractivity contribution is 6.33. The quantitative estimate of drug-likeness (QED) is 0.879. The fourth-order valence-corrected chi connectivity index (χ4v) is 2.21. The van der Waals surface area contributed by atoms with Crippen LogP contribution < -0.4 is 5.32 Å². The molecule has 0 aliphatic rings. The molecule has 0 amide bonds. The highest BCUT2D eigenvalue weighted by atomic mass is 35.5. The lowest BCUT2D eigenvalue weighted by Crippen LogP contribution is -2.07. The van der Waals surface area contributed by atoms with Crippen LogP contribution in [0.2, 0.25) is 5.02 Å². The van der Waals surface area contributed by atoms with Gasteiger partial charge in [-0.05, 0) is 43.7 Å². The average Bonchev–Trinajstić information content (AvgIpc) is 2.41. The third-order valence-electron chi connectivity index (χ3n) is 3.12. The lowest BCUT2D eigenvalue weighted by atomic mass is 10.0. The van der Waals surface area contributed by atoms with Gasteiger partial charge in [0.15, 0.2) is 0 Å². The summed E-state index contributed by atoms with van der Waals surface area (Å²) < 4.78 is 0. The Kier molecular flexibility index (Phi) is 4.16. The number of halogens is 1. The van der Waals surface area contributed by atoms with Gasteiger partial charge in [0.25, 0.3) is 0 Å². The molecule has 2 N–H and O–H groups in total. The Bertz CT molecular complexity index is 677. The van der Waals surface area contributed by atoms with Gasteiger partial charge in [0.2, 0.25) is 0 Å². The van der Waals surface area contributed by atoms with Gasteiger partial charge >= 0.3 is 0 Å². The van der Waals surface area contributed by atoms with Gasteiger partial charge in [-0.25, -0.2) is 0 Å². The predicted octanol–water partition coefficient (Wildman–Crippen LogP) is 4.40. The van der Waals surface area contributed by atoms with Crippen molar-refractivity contribution in [3.63, 3.8) is 0 Å². The molecule has 0 bridgehead atoms. The van der Waals surface area contributed by atoms with Crippen LogP contribution >= 0.6 is 11.6 Å². The van der Waals surface area contributed by atoms with E-state index in [2.05, 4.69) is 11.4 Å². The van der Waals surface area contributed by atoms with Crippen molar-refractivity contribution in [2.75, 3.05) is 5.32 Å². The van der Waals surface area contributed by atoms with Gasteiger partial charge in [-0.15, -0.1) is 0 Å². The minimum Gasteiger partial charge on any atom is -0.508 e. The van der Waals surface area contributed by atoms with Crippen molar-refractivity contribution in [1.29, 1.82) is 5.26 Å². The smallest absolute Gasteiger partial charge is 0.121 e. The molecule has 0 saturated carbocycles. The molecule has 2 rings (SSSR count). The Labute approximate surface area is 123 Å². The lowest BCUT2D eigenvalue weighted by Gasteiger charge is -2.18. The number of phenols is 1. The van der Waals surface area contributed by atoms with Gasteiger partial charge in [-0.2, -0.15) is 5.26 Å². The average molecular weight is 287 g/mol. The maximum atomic E-state index is 9.98. The molecule has 0 spiro atoms. The second-order valence-corrected chi connectivity index (χ2v) is 5.14. The second-order valence-electron chi connectivity index (χ2n) is 4.73. The Morgan fingerprint density at radius 2 is 2.00 bits per heavy atom. The van der Waals surface area contributed by atoms with Crippen LogP contribution in [0.25, 0.3) is 0 Å². The van der Waals surface area contributed by atoms with E-state index in [1.165, 1.54) is 0 Å². The Morgan fingerprint density at radius 1 is 1.25 bits per heavy atom. The van der Waals surface area contributed by atoms with Gasteiger partial charge in [-0.3, -0.25) is 0 Å². The van der Waals surface area contributed by atoms with Crippen molar-refractivity contribution in [2.24, 2.45) is 0 Å². The zero-order chi connectivity index (χ0) is 14.7. The number of anilines is 1. The summed E-state index contributed by atoms with van der Waals surface area (Å²) in [4.78, 5) is 0. The number of rotatable bonds is 3. The van der Waals surface area contributed by atoms with Crippen molar-refractivity contribution < 1.29 is 5.11 Å². The summed E-state index contributed by atoms with van der Waals surface area (Å²) in [5.74, 6) is 0.248. The van der Waals surface area contributed by atoms with Crippen molar-refractivity contribution in [3.05, 3.63) is 58.1 Å². The number of nitriles is 1. The molecule has 20 heavy (non-hydrogen) atoms. The van der Waals surface area contributed by atoms with E-state index < -0.39 is 0 Å². The Balaban J connectivity index is 2.27. The first-order valence-corrected chi connectivity index (χ1v) is 6.64. The van der Waals surface area contributed by atoms with Crippen LogP contribution in [0.5, 0.6) is 5.75 Å². The summed E-state index contributed by atoms with van der Waals surface area (Å²) in [5.41, 5.74) is 3.01. The monoisotopic (exact) mass is 286 g/mol. The number of nitrogens with one attached hydrogen (secondary N) is 1. The number of hydrogen-bond acceptors (Lipinski definition) is 3.